The average molecular weight is 237 g/mol. The van der Waals surface area contributed by atoms with Crippen LogP contribution in [0.3, 0.4) is 0 Å². The van der Waals surface area contributed by atoms with E-state index in [-0.39, 0.29) is 5.82 Å². The van der Waals surface area contributed by atoms with Crippen molar-refractivity contribution in [3.8, 4) is 0 Å². The van der Waals surface area contributed by atoms with Crippen LogP contribution >= 0.6 is 0 Å². The third-order valence-corrected chi connectivity index (χ3v) is 2.50. The van der Waals surface area contributed by atoms with Gasteiger partial charge in [-0.2, -0.15) is 0 Å². The van der Waals surface area contributed by atoms with E-state index in [2.05, 4.69) is 35.6 Å². The van der Waals surface area contributed by atoms with Gasteiger partial charge in [0.1, 0.15) is 11.6 Å². The van der Waals surface area contributed by atoms with E-state index in [1.54, 1.807) is 0 Å². The summed E-state index contributed by atoms with van der Waals surface area (Å²) in [6.45, 7) is 9.20. The zero-order chi connectivity index (χ0) is 12.8. The molecule has 0 amide bonds. The van der Waals surface area contributed by atoms with Gasteiger partial charge in [0.15, 0.2) is 0 Å². The number of hydrogen-bond acceptors (Lipinski definition) is 3. The maximum absolute atomic E-state index is 13.2. The fraction of sp³-hybridized carbons (Fsp3) is 0.462. The molecule has 0 atom stereocenters. The lowest BCUT2D eigenvalue weighted by molar-refractivity contribution is 0.612. The number of nitrogens with zero attached hydrogens (tertiary/aromatic N) is 2. The standard InChI is InChI=1S/C13H20FN3/c1-5-6-17(10(2)3)13-11(8-15-4)7-12(14)9-16-13/h5,7,9-10,15H,1,6,8H2,2-4H3. The summed E-state index contributed by atoms with van der Waals surface area (Å²) in [4.78, 5) is 6.30. The number of rotatable bonds is 6. The fourth-order valence-electron chi connectivity index (χ4n) is 1.73. The molecule has 0 bridgehead atoms. The Kier molecular flexibility index (Phi) is 5.10. The zero-order valence-electron chi connectivity index (χ0n) is 10.7. The van der Waals surface area contributed by atoms with Crippen molar-refractivity contribution in [3.63, 3.8) is 0 Å². The molecule has 94 valence electrons. The average Bonchev–Trinajstić information content (AvgIpc) is 2.27. The van der Waals surface area contributed by atoms with Crippen LogP contribution in [0.15, 0.2) is 24.9 Å². The summed E-state index contributed by atoms with van der Waals surface area (Å²) < 4.78 is 13.2. The lowest BCUT2D eigenvalue weighted by Gasteiger charge is -2.28. The van der Waals surface area contributed by atoms with Gasteiger partial charge < -0.3 is 10.2 Å². The monoisotopic (exact) mass is 237 g/mol. The summed E-state index contributed by atoms with van der Waals surface area (Å²) in [5, 5.41) is 3.03. The molecule has 1 aromatic rings. The first kappa shape index (κ1) is 13.6. The highest BCUT2D eigenvalue weighted by molar-refractivity contribution is 5.48. The van der Waals surface area contributed by atoms with Gasteiger partial charge in [0.25, 0.3) is 0 Å². The molecule has 3 nitrogen and oxygen atoms in total. The summed E-state index contributed by atoms with van der Waals surface area (Å²) in [6, 6.07) is 1.82. The smallest absolute Gasteiger partial charge is 0.141 e. The summed E-state index contributed by atoms with van der Waals surface area (Å²) in [7, 11) is 1.84. The lowest BCUT2D eigenvalue weighted by atomic mass is 10.2. The van der Waals surface area contributed by atoms with Crippen LogP contribution in [0.5, 0.6) is 0 Å². The Morgan fingerprint density at radius 2 is 2.29 bits per heavy atom. The Morgan fingerprint density at radius 1 is 1.59 bits per heavy atom. The van der Waals surface area contributed by atoms with E-state index < -0.39 is 0 Å². The lowest BCUT2D eigenvalue weighted by Crippen LogP contribution is -2.33. The Balaban J connectivity index is 3.11. The minimum Gasteiger partial charge on any atom is -0.350 e. The van der Waals surface area contributed by atoms with Crippen LogP contribution in [0, 0.1) is 5.82 Å². The van der Waals surface area contributed by atoms with Crippen LogP contribution in [0.4, 0.5) is 10.2 Å². The minimum atomic E-state index is -0.304. The van der Waals surface area contributed by atoms with Crippen LogP contribution in [0.2, 0.25) is 0 Å². The molecule has 0 saturated carbocycles. The molecule has 0 unspecified atom stereocenters. The molecule has 0 aliphatic carbocycles. The van der Waals surface area contributed by atoms with E-state index in [4.69, 9.17) is 0 Å². The van der Waals surface area contributed by atoms with Gasteiger partial charge in [0.05, 0.1) is 6.20 Å². The third kappa shape index (κ3) is 3.53. The second-order valence-corrected chi connectivity index (χ2v) is 4.20. The summed E-state index contributed by atoms with van der Waals surface area (Å²) in [5.41, 5.74) is 0.864. The minimum absolute atomic E-state index is 0.293. The van der Waals surface area contributed by atoms with Crippen LogP contribution in [0.1, 0.15) is 19.4 Å². The van der Waals surface area contributed by atoms with Gasteiger partial charge in [-0.1, -0.05) is 6.08 Å². The molecule has 1 N–H and O–H groups in total. The first-order valence-electron chi connectivity index (χ1n) is 5.76. The van der Waals surface area contributed by atoms with Gasteiger partial charge in [0, 0.05) is 24.7 Å². The van der Waals surface area contributed by atoms with Crippen molar-refractivity contribution >= 4 is 5.82 Å². The SMILES string of the molecule is C=CCN(c1ncc(F)cc1CNC)C(C)C. The Bertz CT molecular complexity index is 377. The van der Waals surface area contributed by atoms with Crippen LogP contribution in [0.25, 0.3) is 0 Å². The second-order valence-electron chi connectivity index (χ2n) is 4.20. The predicted molar refractivity (Wildman–Crippen MR) is 69.6 cm³/mol. The van der Waals surface area contributed by atoms with E-state index in [0.29, 0.717) is 19.1 Å². The summed E-state index contributed by atoms with van der Waals surface area (Å²) >= 11 is 0. The number of nitrogens with one attached hydrogen (secondary N) is 1. The maximum atomic E-state index is 13.2. The maximum Gasteiger partial charge on any atom is 0.141 e. The first-order chi connectivity index (χ1) is 8.10. The van der Waals surface area contributed by atoms with Crippen LogP contribution < -0.4 is 10.2 Å². The van der Waals surface area contributed by atoms with Crippen molar-refractivity contribution in [1.29, 1.82) is 0 Å². The number of anilines is 1. The van der Waals surface area contributed by atoms with E-state index in [0.717, 1.165) is 11.4 Å². The van der Waals surface area contributed by atoms with Crippen LogP contribution in [-0.2, 0) is 6.54 Å². The van der Waals surface area contributed by atoms with E-state index in [1.165, 1.54) is 12.3 Å². The number of hydrogen-bond donors (Lipinski definition) is 1. The Labute approximate surface area is 102 Å². The molecular formula is C13H20FN3. The zero-order valence-corrected chi connectivity index (χ0v) is 10.7. The molecule has 0 aliphatic rings. The molecule has 0 fully saturated rings. The molecule has 0 saturated heterocycles. The molecule has 17 heavy (non-hydrogen) atoms. The van der Waals surface area contributed by atoms with Gasteiger partial charge in [0.2, 0.25) is 0 Å². The van der Waals surface area contributed by atoms with E-state index in [9.17, 15) is 4.39 Å². The van der Waals surface area contributed by atoms with Crippen molar-refractivity contribution in [3.05, 3.63) is 36.3 Å². The van der Waals surface area contributed by atoms with Gasteiger partial charge in [-0.25, -0.2) is 9.37 Å². The highest BCUT2D eigenvalue weighted by Gasteiger charge is 2.15. The third-order valence-electron chi connectivity index (χ3n) is 2.50. The largest absolute Gasteiger partial charge is 0.350 e. The fourth-order valence-corrected chi connectivity index (χ4v) is 1.73. The van der Waals surface area contributed by atoms with Crippen molar-refractivity contribution in [2.75, 3.05) is 18.5 Å². The molecule has 0 aromatic carbocycles. The second kappa shape index (κ2) is 6.35. The van der Waals surface area contributed by atoms with Gasteiger partial charge in [-0.05, 0) is 27.0 Å². The number of halogens is 1. The Hall–Kier alpha value is -1.42. The predicted octanol–water partition coefficient (Wildman–Crippen LogP) is 2.34. The topological polar surface area (TPSA) is 28.2 Å². The van der Waals surface area contributed by atoms with Crippen molar-refractivity contribution in [2.45, 2.75) is 26.4 Å². The van der Waals surface area contributed by atoms with Gasteiger partial charge in [-0.15, -0.1) is 6.58 Å². The van der Waals surface area contributed by atoms with Gasteiger partial charge >= 0.3 is 0 Å². The van der Waals surface area contributed by atoms with Crippen molar-refractivity contribution in [1.82, 2.24) is 10.3 Å². The van der Waals surface area contributed by atoms with Crippen LogP contribution in [-0.4, -0.2) is 24.6 Å². The summed E-state index contributed by atoms with van der Waals surface area (Å²) in [5.74, 6) is 0.511. The van der Waals surface area contributed by atoms with Crippen molar-refractivity contribution < 1.29 is 4.39 Å². The van der Waals surface area contributed by atoms with Gasteiger partial charge in [-0.3, -0.25) is 0 Å². The highest BCUT2D eigenvalue weighted by atomic mass is 19.1. The molecule has 1 aromatic heterocycles. The quantitative estimate of drug-likeness (QED) is 0.770. The summed E-state index contributed by atoms with van der Waals surface area (Å²) in [6.07, 6.45) is 3.08. The van der Waals surface area contributed by atoms with Crippen molar-refractivity contribution in [2.24, 2.45) is 0 Å². The molecule has 0 aliphatic heterocycles. The molecule has 0 spiro atoms. The molecule has 4 heteroatoms. The van der Waals surface area contributed by atoms with E-state index >= 15 is 0 Å². The highest BCUT2D eigenvalue weighted by Crippen LogP contribution is 2.20. The first-order valence-corrected chi connectivity index (χ1v) is 5.76. The molecule has 1 heterocycles. The molecule has 0 radical (unpaired) electrons. The van der Waals surface area contributed by atoms with E-state index in [1.807, 2.05) is 13.1 Å². The normalized spacial score (nSPS) is 10.6. The molecule has 1 rings (SSSR count). The number of pyridine rings is 1. The Morgan fingerprint density at radius 3 is 2.82 bits per heavy atom. The molecular weight excluding hydrogens is 217 g/mol. The number of aromatic nitrogens is 1.